The molecule has 1 heterocycles. The summed E-state index contributed by atoms with van der Waals surface area (Å²) in [5, 5.41) is 4.07. The van der Waals surface area contributed by atoms with Crippen molar-refractivity contribution >= 4 is 37.8 Å². The summed E-state index contributed by atoms with van der Waals surface area (Å²) in [7, 11) is 0. The largest absolute Gasteiger partial charge is 0.352 e. The van der Waals surface area contributed by atoms with Crippen LogP contribution in [-0.4, -0.2) is 22.8 Å². The Kier molecular flexibility index (Phi) is 5.82. The van der Waals surface area contributed by atoms with E-state index in [1.54, 1.807) is 18.5 Å². The van der Waals surface area contributed by atoms with E-state index in [0.29, 0.717) is 17.4 Å². The maximum atomic E-state index is 12.1. The van der Waals surface area contributed by atoms with E-state index < -0.39 is 0 Å². The van der Waals surface area contributed by atoms with Gasteiger partial charge in [0.15, 0.2) is 0 Å². The quantitative estimate of drug-likeness (QED) is 0.796. The van der Waals surface area contributed by atoms with Gasteiger partial charge in [0.25, 0.3) is 5.91 Å². The van der Waals surface area contributed by atoms with E-state index in [1.165, 1.54) is 25.7 Å². The Morgan fingerprint density at radius 2 is 2.05 bits per heavy atom. The first-order valence-electron chi connectivity index (χ1n) is 6.65. The highest BCUT2D eigenvalue weighted by molar-refractivity contribution is 9.10. The lowest BCUT2D eigenvalue weighted by atomic mass is 9.80. The molecule has 0 radical (unpaired) electrons. The Labute approximate surface area is 130 Å². The first-order chi connectivity index (χ1) is 9.20. The van der Waals surface area contributed by atoms with Crippen molar-refractivity contribution < 1.29 is 4.79 Å². The zero-order valence-corrected chi connectivity index (χ0v) is 13.9. The van der Waals surface area contributed by atoms with Crippen molar-refractivity contribution in [3.05, 3.63) is 28.5 Å². The fraction of sp³-hybridized carbons (Fsp3) is 0.571. The van der Waals surface area contributed by atoms with Gasteiger partial charge in [-0.3, -0.25) is 9.78 Å². The molecule has 19 heavy (non-hydrogen) atoms. The van der Waals surface area contributed by atoms with Crippen LogP contribution in [0.2, 0.25) is 0 Å². The Balaban J connectivity index is 1.89. The second-order valence-corrected chi connectivity index (χ2v) is 6.62. The van der Waals surface area contributed by atoms with Gasteiger partial charge >= 0.3 is 0 Å². The molecule has 0 saturated heterocycles. The average Bonchev–Trinajstić information content (AvgIpc) is 2.45. The number of pyridine rings is 1. The molecule has 1 aliphatic rings. The number of hydrogen-bond donors (Lipinski definition) is 1. The van der Waals surface area contributed by atoms with Gasteiger partial charge in [-0.1, -0.05) is 28.8 Å². The van der Waals surface area contributed by atoms with Gasteiger partial charge in [-0.25, -0.2) is 0 Å². The third-order valence-corrected chi connectivity index (χ3v) is 5.02. The molecule has 1 fully saturated rings. The van der Waals surface area contributed by atoms with Crippen LogP contribution in [0.5, 0.6) is 0 Å². The molecular formula is C14H18Br2N2O. The van der Waals surface area contributed by atoms with Crippen LogP contribution in [0.15, 0.2) is 22.9 Å². The summed E-state index contributed by atoms with van der Waals surface area (Å²) in [6.45, 7) is 0.765. The highest BCUT2D eigenvalue weighted by Crippen LogP contribution is 2.30. The smallest absolute Gasteiger partial charge is 0.252 e. The lowest BCUT2D eigenvalue weighted by Gasteiger charge is -2.30. The van der Waals surface area contributed by atoms with Crippen LogP contribution in [0.4, 0.5) is 0 Å². The molecule has 0 aromatic carbocycles. The molecule has 1 aromatic rings. The number of nitrogens with zero attached hydrogens (tertiary/aromatic N) is 1. The minimum absolute atomic E-state index is 0.0345. The monoisotopic (exact) mass is 388 g/mol. The van der Waals surface area contributed by atoms with Crippen LogP contribution in [0.25, 0.3) is 0 Å². The van der Waals surface area contributed by atoms with E-state index in [9.17, 15) is 4.79 Å². The second kappa shape index (κ2) is 7.39. The highest BCUT2D eigenvalue weighted by Gasteiger charge is 2.24. The first kappa shape index (κ1) is 15.0. The standard InChI is InChI=1S/C14H18Br2N2O/c15-6-10-3-1-2-4-11(10)8-18-14(19)12-5-13(16)9-17-7-12/h5,7,9-11H,1-4,6,8H2,(H,18,19). The Bertz CT molecular complexity index is 439. The molecule has 1 amide bonds. The lowest BCUT2D eigenvalue weighted by molar-refractivity contribution is 0.0936. The van der Waals surface area contributed by atoms with Gasteiger partial charge in [-0.05, 0) is 46.7 Å². The molecule has 1 aromatic heterocycles. The van der Waals surface area contributed by atoms with Crippen molar-refractivity contribution in [3.8, 4) is 0 Å². The third-order valence-electron chi connectivity index (χ3n) is 3.76. The first-order valence-corrected chi connectivity index (χ1v) is 8.57. The van der Waals surface area contributed by atoms with Crippen molar-refractivity contribution in [2.75, 3.05) is 11.9 Å². The summed E-state index contributed by atoms with van der Waals surface area (Å²) in [5.41, 5.74) is 0.612. The number of alkyl halides is 1. The summed E-state index contributed by atoms with van der Waals surface area (Å²) >= 11 is 6.91. The molecule has 2 rings (SSSR count). The van der Waals surface area contributed by atoms with E-state index in [-0.39, 0.29) is 5.91 Å². The third kappa shape index (κ3) is 4.28. The van der Waals surface area contributed by atoms with Crippen molar-refractivity contribution in [1.29, 1.82) is 0 Å². The normalized spacial score (nSPS) is 23.1. The van der Waals surface area contributed by atoms with Crippen molar-refractivity contribution in [2.24, 2.45) is 11.8 Å². The van der Waals surface area contributed by atoms with Crippen LogP contribution < -0.4 is 5.32 Å². The van der Waals surface area contributed by atoms with Gasteiger partial charge in [-0.15, -0.1) is 0 Å². The predicted octanol–water partition coefficient (Wildman–Crippen LogP) is 3.78. The lowest BCUT2D eigenvalue weighted by Crippen LogP contribution is -2.34. The van der Waals surface area contributed by atoms with Crippen molar-refractivity contribution in [1.82, 2.24) is 10.3 Å². The van der Waals surface area contributed by atoms with Gasteiger partial charge in [0.1, 0.15) is 0 Å². The highest BCUT2D eigenvalue weighted by atomic mass is 79.9. The molecule has 1 aliphatic carbocycles. The number of hydrogen-bond acceptors (Lipinski definition) is 2. The van der Waals surface area contributed by atoms with Gasteiger partial charge < -0.3 is 5.32 Å². The van der Waals surface area contributed by atoms with Gasteiger partial charge in [-0.2, -0.15) is 0 Å². The number of nitrogens with one attached hydrogen (secondary N) is 1. The molecule has 0 spiro atoms. The molecule has 2 unspecified atom stereocenters. The second-order valence-electron chi connectivity index (χ2n) is 5.06. The molecule has 0 aliphatic heterocycles. The topological polar surface area (TPSA) is 42.0 Å². The SMILES string of the molecule is O=C(NCC1CCCCC1CBr)c1cncc(Br)c1. The molecular weight excluding hydrogens is 372 g/mol. The number of halogens is 2. The van der Waals surface area contributed by atoms with Gasteiger partial charge in [0, 0.05) is 28.7 Å². The molecule has 5 heteroatoms. The fourth-order valence-electron chi connectivity index (χ4n) is 2.62. The van der Waals surface area contributed by atoms with E-state index >= 15 is 0 Å². The van der Waals surface area contributed by atoms with Crippen LogP contribution in [0, 0.1) is 11.8 Å². The van der Waals surface area contributed by atoms with E-state index in [4.69, 9.17) is 0 Å². The number of amides is 1. The maximum absolute atomic E-state index is 12.1. The molecule has 1 saturated carbocycles. The van der Waals surface area contributed by atoms with Gasteiger partial charge in [0.2, 0.25) is 0 Å². The zero-order valence-electron chi connectivity index (χ0n) is 10.7. The van der Waals surface area contributed by atoms with E-state index in [2.05, 4.69) is 42.2 Å². The van der Waals surface area contributed by atoms with Crippen LogP contribution >= 0.6 is 31.9 Å². The number of carbonyl (C=O) groups is 1. The molecule has 3 nitrogen and oxygen atoms in total. The summed E-state index contributed by atoms with van der Waals surface area (Å²) < 4.78 is 0.830. The Hall–Kier alpha value is -0.420. The maximum Gasteiger partial charge on any atom is 0.252 e. The van der Waals surface area contributed by atoms with Crippen LogP contribution in [0.1, 0.15) is 36.0 Å². The molecule has 104 valence electrons. The Morgan fingerprint density at radius 1 is 1.32 bits per heavy atom. The number of rotatable bonds is 4. The number of carbonyl (C=O) groups excluding carboxylic acids is 1. The number of aromatic nitrogens is 1. The van der Waals surface area contributed by atoms with Crippen molar-refractivity contribution in [2.45, 2.75) is 25.7 Å². The van der Waals surface area contributed by atoms with E-state index in [1.807, 2.05) is 0 Å². The van der Waals surface area contributed by atoms with Crippen LogP contribution in [0.3, 0.4) is 0 Å². The zero-order chi connectivity index (χ0) is 13.7. The fourth-order valence-corrected chi connectivity index (χ4v) is 3.84. The predicted molar refractivity (Wildman–Crippen MR) is 83.5 cm³/mol. The Morgan fingerprint density at radius 3 is 2.74 bits per heavy atom. The van der Waals surface area contributed by atoms with Crippen molar-refractivity contribution in [3.63, 3.8) is 0 Å². The van der Waals surface area contributed by atoms with E-state index in [0.717, 1.165) is 16.3 Å². The van der Waals surface area contributed by atoms with Crippen LogP contribution in [-0.2, 0) is 0 Å². The summed E-state index contributed by atoms with van der Waals surface area (Å²) in [6, 6.07) is 1.80. The molecule has 0 bridgehead atoms. The average molecular weight is 390 g/mol. The summed E-state index contributed by atoms with van der Waals surface area (Å²) in [5.74, 6) is 1.25. The summed E-state index contributed by atoms with van der Waals surface area (Å²) in [6.07, 6.45) is 8.36. The summed E-state index contributed by atoms with van der Waals surface area (Å²) in [4.78, 5) is 16.1. The molecule has 1 N–H and O–H groups in total. The minimum Gasteiger partial charge on any atom is -0.352 e. The minimum atomic E-state index is -0.0345. The molecule has 2 atom stereocenters. The van der Waals surface area contributed by atoms with Gasteiger partial charge in [0.05, 0.1) is 5.56 Å².